The molecular formula is C4H6N2O2. The Bertz CT molecular complexity index is 138. The highest BCUT2D eigenvalue weighted by Crippen LogP contribution is 1.95. The van der Waals surface area contributed by atoms with Crippen molar-refractivity contribution in [2.24, 2.45) is 5.90 Å². The minimum atomic E-state index is 0.351. The lowest BCUT2D eigenvalue weighted by atomic mass is 10.4. The van der Waals surface area contributed by atoms with E-state index in [1.165, 1.54) is 6.26 Å². The van der Waals surface area contributed by atoms with Crippen LogP contribution in [0.5, 0.6) is 0 Å². The van der Waals surface area contributed by atoms with Crippen molar-refractivity contribution in [1.82, 2.24) is 5.16 Å². The number of rotatable bonds is 2. The number of hydrogen-bond acceptors (Lipinski definition) is 4. The fourth-order valence-corrected chi connectivity index (χ4v) is 0.394. The van der Waals surface area contributed by atoms with Gasteiger partial charge in [-0.25, -0.2) is 5.90 Å². The lowest BCUT2D eigenvalue weighted by Crippen LogP contribution is -1.96. The molecule has 0 aromatic carbocycles. The van der Waals surface area contributed by atoms with Crippen LogP contribution in [0.1, 0.15) is 5.56 Å². The first kappa shape index (κ1) is 5.27. The van der Waals surface area contributed by atoms with E-state index in [0.717, 1.165) is 5.56 Å². The van der Waals surface area contributed by atoms with E-state index < -0.39 is 0 Å². The molecular weight excluding hydrogens is 108 g/mol. The number of aromatic nitrogens is 1. The van der Waals surface area contributed by atoms with Crippen LogP contribution < -0.4 is 5.90 Å². The Kier molecular flexibility index (Phi) is 1.61. The van der Waals surface area contributed by atoms with Crippen LogP contribution in [0.4, 0.5) is 0 Å². The lowest BCUT2D eigenvalue weighted by molar-refractivity contribution is 0.123. The summed E-state index contributed by atoms with van der Waals surface area (Å²) in [5.74, 6) is 4.75. The molecule has 0 radical (unpaired) electrons. The van der Waals surface area contributed by atoms with E-state index in [2.05, 4.69) is 14.5 Å². The third kappa shape index (κ3) is 1.05. The SMILES string of the molecule is NOCc1cnoc1. The van der Waals surface area contributed by atoms with Crippen molar-refractivity contribution in [2.45, 2.75) is 6.61 Å². The maximum atomic E-state index is 4.75. The van der Waals surface area contributed by atoms with Crippen molar-refractivity contribution in [3.05, 3.63) is 18.0 Å². The Morgan fingerprint density at radius 2 is 2.75 bits per heavy atom. The van der Waals surface area contributed by atoms with Crippen LogP contribution in [-0.4, -0.2) is 5.16 Å². The zero-order valence-electron chi connectivity index (χ0n) is 4.20. The van der Waals surface area contributed by atoms with Gasteiger partial charge in [0.2, 0.25) is 0 Å². The van der Waals surface area contributed by atoms with Gasteiger partial charge in [0.1, 0.15) is 6.26 Å². The van der Waals surface area contributed by atoms with Crippen LogP contribution >= 0.6 is 0 Å². The van der Waals surface area contributed by atoms with Gasteiger partial charge in [0.15, 0.2) is 0 Å². The van der Waals surface area contributed by atoms with Crippen LogP contribution in [0.3, 0.4) is 0 Å². The molecule has 0 aliphatic carbocycles. The van der Waals surface area contributed by atoms with Gasteiger partial charge < -0.3 is 4.52 Å². The fraction of sp³-hybridized carbons (Fsp3) is 0.250. The van der Waals surface area contributed by atoms with E-state index in [1.807, 2.05) is 0 Å². The molecule has 8 heavy (non-hydrogen) atoms. The topological polar surface area (TPSA) is 61.3 Å². The average Bonchev–Trinajstić information content (AvgIpc) is 2.19. The zero-order valence-corrected chi connectivity index (χ0v) is 4.20. The lowest BCUT2D eigenvalue weighted by Gasteiger charge is -1.86. The Balaban J connectivity index is 2.50. The third-order valence-electron chi connectivity index (χ3n) is 0.733. The molecule has 0 spiro atoms. The van der Waals surface area contributed by atoms with Crippen molar-refractivity contribution in [2.75, 3.05) is 0 Å². The minimum absolute atomic E-state index is 0.351. The van der Waals surface area contributed by atoms with Crippen LogP contribution in [0.15, 0.2) is 17.0 Å². The summed E-state index contributed by atoms with van der Waals surface area (Å²) in [6, 6.07) is 0. The van der Waals surface area contributed by atoms with Gasteiger partial charge in [-0.2, -0.15) is 0 Å². The average molecular weight is 114 g/mol. The van der Waals surface area contributed by atoms with Crippen molar-refractivity contribution in [3.8, 4) is 0 Å². The predicted molar refractivity (Wildman–Crippen MR) is 25.5 cm³/mol. The maximum Gasteiger partial charge on any atom is 0.129 e. The Hall–Kier alpha value is -0.870. The molecule has 0 atom stereocenters. The molecule has 0 amide bonds. The highest BCUT2D eigenvalue weighted by Gasteiger charge is 1.90. The molecule has 0 saturated heterocycles. The van der Waals surface area contributed by atoms with Gasteiger partial charge in [-0.15, -0.1) is 0 Å². The molecule has 0 unspecified atom stereocenters. The highest BCUT2D eigenvalue weighted by atomic mass is 16.6. The van der Waals surface area contributed by atoms with E-state index >= 15 is 0 Å². The van der Waals surface area contributed by atoms with Crippen molar-refractivity contribution in [3.63, 3.8) is 0 Å². The first-order chi connectivity index (χ1) is 3.93. The van der Waals surface area contributed by atoms with Crippen molar-refractivity contribution >= 4 is 0 Å². The van der Waals surface area contributed by atoms with E-state index in [9.17, 15) is 0 Å². The molecule has 0 bridgehead atoms. The zero-order chi connectivity index (χ0) is 5.82. The molecule has 1 rings (SSSR count). The summed E-state index contributed by atoms with van der Waals surface area (Å²) in [6.45, 7) is 0.351. The Morgan fingerprint density at radius 3 is 3.25 bits per heavy atom. The van der Waals surface area contributed by atoms with Gasteiger partial charge >= 0.3 is 0 Å². The summed E-state index contributed by atoms with van der Waals surface area (Å²) in [4.78, 5) is 4.29. The molecule has 0 aliphatic rings. The van der Waals surface area contributed by atoms with Crippen LogP contribution in [0.25, 0.3) is 0 Å². The monoisotopic (exact) mass is 114 g/mol. The van der Waals surface area contributed by atoms with Gasteiger partial charge in [-0.3, -0.25) is 4.84 Å². The van der Waals surface area contributed by atoms with Crippen molar-refractivity contribution < 1.29 is 9.36 Å². The van der Waals surface area contributed by atoms with Crippen LogP contribution in [0.2, 0.25) is 0 Å². The molecule has 4 heteroatoms. The third-order valence-corrected chi connectivity index (χ3v) is 0.733. The van der Waals surface area contributed by atoms with Gasteiger partial charge in [0.25, 0.3) is 0 Å². The molecule has 44 valence electrons. The molecule has 1 aromatic heterocycles. The summed E-state index contributed by atoms with van der Waals surface area (Å²) in [6.07, 6.45) is 3.03. The minimum Gasteiger partial charge on any atom is -0.364 e. The molecule has 0 aliphatic heterocycles. The summed E-state index contributed by atoms with van der Waals surface area (Å²) < 4.78 is 4.48. The van der Waals surface area contributed by atoms with Crippen LogP contribution in [0, 0.1) is 0 Å². The Labute approximate surface area is 46.2 Å². The second-order valence-electron chi connectivity index (χ2n) is 1.34. The summed E-state index contributed by atoms with van der Waals surface area (Å²) in [5.41, 5.74) is 0.840. The first-order valence-corrected chi connectivity index (χ1v) is 2.13. The predicted octanol–water partition coefficient (Wildman–Crippen LogP) is 0.0649. The largest absolute Gasteiger partial charge is 0.364 e. The second-order valence-corrected chi connectivity index (χ2v) is 1.34. The first-order valence-electron chi connectivity index (χ1n) is 2.13. The molecule has 4 nitrogen and oxygen atoms in total. The van der Waals surface area contributed by atoms with Crippen LogP contribution in [-0.2, 0) is 11.4 Å². The van der Waals surface area contributed by atoms with Crippen molar-refractivity contribution in [1.29, 1.82) is 0 Å². The number of hydrogen-bond donors (Lipinski definition) is 1. The number of nitrogens with zero attached hydrogens (tertiary/aromatic N) is 1. The summed E-state index contributed by atoms with van der Waals surface area (Å²) in [7, 11) is 0. The van der Waals surface area contributed by atoms with Gasteiger partial charge in [0, 0.05) is 5.56 Å². The van der Waals surface area contributed by atoms with Gasteiger partial charge in [0.05, 0.1) is 12.8 Å². The van der Waals surface area contributed by atoms with E-state index in [1.54, 1.807) is 6.20 Å². The summed E-state index contributed by atoms with van der Waals surface area (Å²) in [5, 5.41) is 3.43. The highest BCUT2D eigenvalue weighted by molar-refractivity contribution is 4.96. The normalized spacial score (nSPS) is 9.62. The fourth-order valence-electron chi connectivity index (χ4n) is 0.394. The van der Waals surface area contributed by atoms with E-state index in [-0.39, 0.29) is 0 Å². The van der Waals surface area contributed by atoms with E-state index in [0.29, 0.717) is 6.61 Å². The van der Waals surface area contributed by atoms with Gasteiger partial charge in [-0.1, -0.05) is 5.16 Å². The quantitative estimate of drug-likeness (QED) is 0.552. The molecule has 1 aromatic rings. The molecule has 1 heterocycles. The summed E-state index contributed by atoms with van der Waals surface area (Å²) >= 11 is 0. The van der Waals surface area contributed by atoms with E-state index in [4.69, 9.17) is 5.90 Å². The molecule has 2 N–H and O–H groups in total. The second kappa shape index (κ2) is 2.44. The Morgan fingerprint density at radius 1 is 1.88 bits per heavy atom. The standard InChI is InChI=1S/C4H6N2O2/c5-7-2-4-1-6-8-3-4/h1,3H,2,5H2. The molecule has 0 fully saturated rings. The number of nitrogens with two attached hydrogens (primary N) is 1. The smallest absolute Gasteiger partial charge is 0.129 e. The maximum absolute atomic E-state index is 4.75. The molecule has 0 saturated carbocycles. The van der Waals surface area contributed by atoms with Gasteiger partial charge in [-0.05, 0) is 0 Å².